The van der Waals surface area contributed by atoms with Crippen LogP contribution in [0, 0.1) is 0 Å². The van der Waals surface area contributed by atoms with Crippen LogP contribution in [0.3, 0.4) is 0 Å². The number of carbonyl (C=O) groups is 2. The highest BCUT2D eigenvalue weighted by molar-refractivity contribution is 5.99. The quantitative estimate of drug-likeness (QED) is 0.814. The number of Topliss-reactive ketones (excluding diaryl/α,β-unsaturated/α-hetero) is 1. The Bertz CT molecular complexity index is 546. The van der Waals surface area contributed by atoms with Crippen LogP contribution in [0.4, 0.5) is 16.3 Å². The summed E-state index contributed by atoms with van der Waals surface area (Å²) in [6, 6.07) is 7.69. The topological polar surface area (TPSA) is 84.2 Å². The molecule has 6 nitrogen and oxygen atoms in total. The normalized spacial score (nSPS) is 9.83. The van der Waals surface area contributed by atoms with E-state index in [4.69, 9.17) is 0 Å². The Hall–Kier alpha value is -2.63. The number of rotatable bonds is 3. The minimum atomic E-state index is -0.431. The summed E-state index contributed by atoms with van der Waals surface area (Å²) in [5.41, 5.74) is 1.18. The van der Waals surface area contributed by atoms with Gasteiger partial charge in [0, 0.05) is 17.3 Å². The SMILES string of the molecule is CC(=O)c1ccc(NC(=O)Nc2ccon2)cc1. The maximum absolute atomic E-state index is 11.5. The number of hydrogen-bond donors (Lipinski definition) is 2. The van der Waals surface area contributed by atoms with Crippen molar-refractivity contribution in [2.45, 2.75) is 6.92 Å². The van der Waals surface area contributed by atoms with Crippen molar-refractivity contribution in [1.29, 1.82) is 0 Å². The number of amides is 2. The van der Waals surface area contributed by atoms with Gasteiger partial charge in [-0.05, 0) is 31.2 Å². The third kappa shape index (κ3) is 2.94. The summed E-state index contributed by atoms with van der Waals surface area (Å²) >= 11 is 0. The molecule has 2 N–H and O–H groups in total. The maximum Gasteiger partial charge on any atom is 0.324 e. The van der Waals surface area contributed by atoms with Crippen LogP contribution >= 0.6 is 0 Å². The van der Waals surface area contributed by atoms with Gasteiger partial charge in [-0.15, -0.1) is 0 Å². The van der Waals surface area contributed by atoms with Crippen LogP contribution in [0.15, 0.2) is 41.1 Å². The molecule has 0 bridgehead atoms. The average Bonchev–Trinajstić information content (AvgIpc) is 2.82. The predicted molar refractivity (Wildman–Crippen MR) is 65.6 cm³/mol. The number of benzene rings is 1. The number of hydrogen-bond acceptors (Lipinski definition) is 4. The van der Waals surface area contributed by atoms with Crippen molar-refractivity contribution < 1.29 is 14.1 Å². The van der Waals surface area contributed by atoms with E-state index < -0.39 is 6.03 Å². The van der Waals surface area contributed by atoms with E-state index in [0.29, 0.717) is 17.1 Å². The van der Waals surface area contributed by atoms with Crippen molar-refractivity contribution in [2.24, 2.45) is 0 Å². The molecule has 0 radical (unpaired) electrons. The Balaban J connectivity index is 1.97. The van der Waals surface area contributed by atoms with Gasteiger partial charge in [0.1, 0.15) is 6.26 Å². The smallest absolute Gasteiger partial charge is 0.324 e. The first-order valence-corrected chi connectivity index (χ1v) is 5.24. The minimum absolute atomic E-state index is 0.0198. The second kappa shape index (κ2) is 5.13. The van der Waals surface area contributed by atoms with Crippen LogP contribution in [0.2, 0.25) is 0 Å². The van der Waals surface area contributed by atoms with E-state index in [1.54, 1.807) is 24.3 Å². The fourth-order valence-electron chi connectivity index (χ4n) is 1.34. The Labute approximate surface area is 103 Å². The van der Waals surface area contributed by atoms with Gasteiger partial charge in [-0.1, -0.05) is 5.16 Å². The molecule has 92 valence electrons. The third-order valence-electron chi connectivity index (χ3n) is 2.23. The summed E-state index contributed by atoms with van der Waals surface area (Å²) in [6.07, 6.45) is 1.36. The van der Waals surface area contributed by atoms with E-state index in [-0.39, 0.29) is 5.78 Å². The van der Waals surface area contributed by atoms with Crippen LogP contribution in [-0.2, 0) is 0 Å². The highest BCUT2D eigenvalue weighted by atomic mass is 16.5. The lowest BCUT2D eigenvalue weighted by Crippen LogP contribution is -2.19. The highest BCUT2D eigenvalue weighted by Gasteiger charge is 2.05. The lowest BCUT2D eigenvalue weighted by molar-refractivity contribution is 0.101. The predicted octanol–water partition coefficient (Wildman–Crippen LogP) is 2.52. The standard InChI is InChI=1S/C12H11N3O3/c1-8(16)9-2-4-10(5-3-9)13-12(17)14-11-6-7-18-15-11/h2-7H,1H3,(H2,13,14,15,17). The molecule has 0 aliphatic heterocycles. The van der Waals surface area contributed by atoms with Gasteiger partial charge in [0.05, 0.1) is 0 Å². The van der Waals surface area contributed by atoms with Gasteiger partial charge >= 0.3 is 6.03 Å². The second-order valence-corrected chi connectivity index (χ2v) is 3.60. The summed E-state index contributed by atoms with van der Waals surface area (Å²) in [4.78, 5) is 22.6. The number of nitrogens with one attached hydrogen (secondary N) is 2. The molecule has 1 aromatic carbocycles. The van der Waals surface area contributed by atoms with Crippen LogP contribution in [0.25, 0.3) is 0 Å². The molecule has 0 unspecified atom stereocenters. The van der Waals surface area contributed by atoms with Gasteiger partial charge in [0.15, 0.2) is 11.6 Å². The summed E-state index contributed by atoms with van der Waals surface area (Å²) < 4.78 is 4.58. The second-order valence-electron chi connectivity index (χ2n) is 3.60. The Morgan fingerprint density at radius 1 is 1.11 bits per heavy atom. The zero-order chi connectivity index (χ0) is 13.0. The molecule has 1 aromatic heterocycles. The number of ketones is 1. The van der Waals surface area contributed by atoms with E-state index in [0.717, 1.165) is 0 Å². The molecule has 2 aromatic rings. The van der Waals surface area contributed by atoms with Crippen molar-refractivity contribution in [3.8, 4) is 0 Å². The van der Waals surface area contributed by atoms with Crippen molar-refractivity contribution in [2.75, 3.05) is 10.6 Å². The lowest BCUT2D eigenvalue weighted by atomic mass is 10.1. The molecule has 0 atom stereocenters. The van der Waals surface area contributed by atoms with Crippen molar-refractivity contribution in [3.05, 3.63) is 42.2 Å². The van der Waals surface area contributed by atoms with E-state index in [1.807, 2.05) is 0 Å². The Morgan fingerprint density at radius 2 is 1.83 bits per heavy atom. The Morgan fingerprint density at radius 3 is 2.39 bits per heavy atom. The van der Waals surface area contributed by atoms with Gasteiger partial charge in [-0.3, -0.25) is 10.1 Å². The molecule has 0 aliphatic carbocycles. The van der Waals surface area contributed by atoms with Gasteiger partial charge in [-0.2, -0.15) is 0 Å². The highest BCUT2D eigenvalue weighted by Crippen LogP contribution is 2.10. The minimum Gasteiger partial charge on any atom is -0.363 e. The molecular formula is C12H11N3O3. The molecule has 0 saturated heterocycles. The average molecular weight is 245 g/mol. The number of urea groups is 1. The zero-order valence-electron chi connectivity index (χ0n) is 9.64. The molecule has 6 heteroatoms. The third-order valence-corrected chi connectivity index (χ3v) is 2.23. The molecule has 0 aliphatic rings. The van der Waals surface area contributed by atoms with Crippen LogP contribution in [-0.4, -0.2) is 17.0 Å². The zero-order valence-corrected chi connectivity index (χ0v) is 9.64. The number of nitrogens with zero attached hydrogens (tertiary/aromatic N) is 1. The number of aromatic nitrogens is 1. The number of anilines is 2. The van der Waals surface area contributed by atoms with Gasteiger partial charge in [0.2, 0.25) is 0 Å². The first-order valence-electron chi connectivity index (χ1n) is 5.24. The van der Waals surface area contributed by atoms with Crippen molar-refractivity contribution in [3.63, 3.8) is 0 Å². The lowest BCUT2D eigenvalue weighted by Gasteiger charge is -2.05. The summed E-state index contributed by atoms with van der Waals surface area (Å²) in [5, 5.41) is 8.63. The van der Waals surface area contributed by atoms with E-state index in [1.165, 1.54) is 19.3 Å². The van der Waals surface area contributed by atoms with Crippen molar-refractivity contribution in [1.82, 2.24) is 5.16 Å². The molecule has 18 heavy (non-hydrogen) atoms. The first kappa shape index (κ1) is 11.8. The first-order chi connectivity index (χ1) is 8.65. The van der Waals surface area contributed by atoms with Crippen LogP contribution in [0.5, 0.6) is 0 Å². The molecular weight excluding hydrogens is 234 g/mol. The molecule has 0 fully saturated rings. The molecule has 2 amide bonds. The molecule has 0 saturated carbocycles. The van der Waals surface area contributed by atoms with E-state index >= 15 is 0 Å². The van der Waals surface area contributed by atoms with Crippen LogP contribution < -0.4 is 10.6 Å². The summed E-state index contributed by atoms with van der Waals surface area (Å²) in [5.74, 6) is 0.307. The number of carbonyl (C=O) groups excluding carboxylic acids is 2. The van der Waals surface area contributed by atoms with E-state index in [2.05, 4.69) is 20.3 Å². The van der Waals surface area contributed by atoms with Gasteiger partial charge in [-0.25, -0.2) is 4.79 Å². The fraction of sp³-hybridized carbons (Fsp3) is 0.0833. The molecule has 1 heterocycles. The van der Waals surface area contributed by atoms with E-state index in [9.17, 15) is 9.59 Å². The van der Waals surface area contributed by atoms with Gasteiger partial charge in [0.25, 0.3) is 0 Å². The fourth-order valence-corrected chi connectivity index (χ4v) is 1.34. The molecule has 0 spiro atoms. The maximum atomic E-state index is 11.5. The summed E-state index contributed by atoms with van der Waals surface area (Å²) in [7, 11) is 0. The molecule has 2 rings (SSSR count). The van der Waals surface area contributed by atoms with Crippen LogP contribution in [0.1, 0.15) is 17.3 Å². The largest absolute Gasteiger partial charge is 0.363 e. The van der Waals surface area contributed by atoms with Gasteiger partial charge < -0.3 is 9.84 Å². The monoisotopic (exact) mass is 245 g/mol. The Kier molecular flexibility index (Phi) is 3.38. The van der Waals surface area contributed by atoms with Crippen molar-refractivity contribution >= 4 is 23.3 Å². The summed E-state index contributed by atoms with van der Waals surface area (Å²) in [6.45, 7) is 1.49.